The van der Waals surface area contributed by atoms with Crippen LogP contribution in [0.5, 0.6) is 0 Å². The van der Waals surface area contributed by atoms with Gasteiger partial charge in [-0.2, -0.15) is 4.31 Å². The first-order valence-corrected chi connectivity index (χ1v) is 10.5. The summed E-state index contributed by atoms with van der Waals surface area (Å²) in [5, 5.41) is 0.394. The first-order chi connectivity index (χ1) is 13.7. The second kappa shape index (κ2) is 7.76. The second-order valence-corrected chi connectivity index (χ2v) is 8.30. The van der Waals surface area contributed by atoms with Gasteiger partial charge >= 0.3 is 5.97 Å². The molecule has 2 aromatic rings. The van der Waals surface area contributed by atoms with Gasteiger partial charge in [0.1, 0.15) is 0 Å². The van der Waals surface area contributed by atoms with Gasteiger partial charge in [-0.15, -0.1) is 0 Å². The van der Waals surface area contributed by atoms with E-state index in [1.807, 2.05) is 0 Å². The maximum Gasteiger partial charge on any atom is 0.363 e. The number of hydrogen-bond acceptors (Lipinski definition) is 6. The van der Waals surface area contributed by atoms with Gasteiger partial charge in [0, 0.05) is 13.1 Å². The average molecular weight is 416 g/mol. The average Bonchev–Trinajstić information content (AvgIpc) is 2.94. The zero-order valence-electron chi connectivity index (χ0n) is 16.2. The maximum absolute atomic E-state index is 12.8. The fourth-order valence-corrected chi connectivity index (χ4v) is 4.80. The van der Waals surface area contributed by atoms with E-state index in [4.69, 9.17) is 4.84 Å². The number of hydroxylamine groups is 2. The Morgan fingerprint density at radius 3 is 2.07 bits per heavy atom. The zero-order chi connectivity index (χ0) is 21.3. The van der Waals surface area contributed by atoms with Crippen LogP contribution in [0, 0.1) is 6.92 Å². The lowest BCUT2D eigenvalue weighted by molar-refractivity contribution is -0.0584. The third-order valence-corrected chi connectivity index (χ3v) is 6.87. The molecule has 3 rings (SSSR count). The van der Waals surface area contributed by atoms with Crippen molar-refractivity contribution in [1.29, 1.82) is 0 Å². The van der Waals surface area contributed by atoms with E-state index in [9.17, 15) is 22.8 Å². The highest BCUT2D eigenvalue weighted by Crippen LogP contribution is 2.25. The Balaban J connectivity index is 1.90. The first-order valence-electron chi connectivity index (χ1n) is 9.03. The number of benzene rings is 2. The minimum absolute atomic E-state index is 0.0296. The molecule has 152 valence electrons. The highest BCUT2D eigenvalue weighted by molar-refractivity contribution is 7.89. The SMILES string of the molecule is CCN(CC)S(=O)(=O)c1cc(C(=O)ON2C(=O)c3ccccc3C2=O)ccc1C. The van der Waals surface area contributed by atoms with Crippen LogP contribution in [0.2, 0.25) is 0 Å². The Kier molecular flexibility index (Phi) is 5.54. The molecule has 1 aliphatic rings. The van der Waals surface area contributed by atoms with Crippen LogP contribution in [0.3, 0.4) is 0 Å². The number of amides is 2. The minimum atomic E-state index is -3.80. The predicted octanol–water partition coefficient (Wildman–Crippen LogP) is 2.39. The molecule has 0 saturated carbocycles. The Bertz CT molecular complexity index is 1070. The molecule has 0 saturated heterocycles. The summed E-state index contributed by atoms with van der Waals surface area (Å²) in [4.78, 5) is 42.2. The lowest BCUT2D eigenvalue weighted by Gasteiger charge is -2.20. The lowest BCUT2D eigenvalue weighted by Crippen LogP contribution is -2.33. The van der Waals surface area contributed by atoms with E-state index in [-0.39, 0.29) is 34.7 Å². The number of aryl methyl sites for hydroxylation is 1. The third-order valence-electron chi connectivity index (χ3n) is 4.68. The molecule has 0 aliphatic carbocycles. The molecule has 1 aliphatic heterocycles. The summed E-state index contributed by atoms with van der Waals surface area (Å²) in [6.45, 7) is 5.62. The molecular weight excluding hydrogens is 396 g/mol. The van der Waals surface area contributed by atoms with Crippen LogP contribution < -0.4 is 0 Å². The van der Waals surface area contributed by atoms with Crippen LogP contribution in [-0.2, 0) is 14.9 Å². The van der Waals surface area contributed by atoms with Gasteiger partial charge in [0.15, 0.2) is 0 Å². The number of nitrogens with zero attached hydrogens (tertiary/aromatic N) is 2. The van der Waals surface area contributed by atoms with Crippen molar-refractivity contribution < 1.29 is 27.6 Å². The summed E-state index contributed by atoms with van der Waals surface area (Å²) in [5.74, 6) is -2.50. The molecule has 0 unspecified atom stereocenters. The number of fused-ring (bicyclic) bond motifs is 1. The molecule has 0 N–H and O–H groups in total. The summed E-state index contributed by atoms with van der Waals surface area (Å²) in [5.41, 5.74) is 0.657. The zero-order valence-corrected chi connectivity index (χ0v) is 17.0. The highest BCUT2D eigenvalue weighted by Gasteiger charge is 2.39. The molecule has 0 spiro atoms. The van der Waals surface area contributed by atoms with Crippen molar-refractivity contribution in [2.45, 2.75) is 25.7 Å². The van der Waals surface area contributed by atoms with Crippen LogP contribution >= 0.6 is 0 Å². The Hall–Kier alpha value is -3.04. The monoisotopic (exact) mass is 416 g/mol. The lowest BCUT2D eigenvalue weighted by atomic mass is 10.1. The van der Waals surface area contributed by atoms with Crippen molar-refractivity contribution in [3.05, 3.63) is 64.7 Å². The summed E-state index contributed by atoms with van der Waals surface area (Å²) >= 11 is 0. The minimum Gasteiger partial charge on any atom is -0.324 e. The van der Waals surface area contributed by atoms with E-state index in [1.54, 1.807) is 32.9 Å². The summed E-state index contributed by atoms with van der Waals surface area (Å²) in [6, 6.07) is 10.2. The van der Waals surface area contributed by atoms with Crippen LogP contribution in [0.1, 0.15) is 50.5 Å². The van der Waals surface area contributed by atoms with Gasteiger partial charge in [0.2, 0.25) is 10.0 Å². The van der Waals surface area contributed by atoms with E-state index >= 15 is 0 Å². The number of hydrogen-bond donors (Lipinski definition) is 0. The van der Waals surface area contributed by atoms with Crippen molar-refractivity contribution >= 4 is 27.8 Å². The first kappa shape index (κ1) is 20.7. The van der Waals surface area contributed by atoms with Gasteiger partial charge in [0.25, 0.3) is 11.8 Å². The molecule has 2 aromatic carbocycles. The Labute approximate surface area is 168 Å². The van der Waals surface area contributed by atoms with Crippen LogP contribution in [0.4, 0.5) is 0 Å². The van der Waals surface area contributed by atoms with Gasteiger partial charge in [0.05, 0.1) is 21.6 Å². The van der Waals surface area contributed by atoms with Gasteiger partial charge < -0.3 is 4.84 Å². The normalized spacial score (nSPS) is 13.7. The van der Waals surface area contributed by atoms with E-state index in [2.05, 4.69) is 0 Å². The summed E-state index contributed by atoms with van der Waals surface area (Å²) in [7, 11) is -3.80. The number of carbonyl (C=O) groups is 3. The quantitative estimate of drug-likeness (QED) is 0.670. The summed E-state index contributed by atoms with van der Waals surface area (Å²) in [6.07, 6.45) is 0. The molecule has 0 atom stereocenters. The molecule has 2 amide bonds. The van der Waals surface area contributed by atoms with E-state index in [0.29, 0.717) is 10.6 Å². The highest BCUT2D eigenvalue weighted by atomic mass is 32.2. The van der Waals surface area contributed by atoms with E-state index in [0.717, 1.165) is 0 Å². The number of rotatable bonds is 6. The Morgan fingerprint density at radius 2 is 1.55 bits per heavy atom. The second-order valence-electron chi connectivity index (χ2n) is 6.40. The molecule has 0 radical (unpaired) electrons. The van der Waals surface area contributed by atoms with Gasteiger partial charge in [-0.25, -0.2) is 13.2 Å². The van der Waals surface area contributed by atoms with Crippen LogP contribution in [-0.4, -0.2) is 48.7 Å². The molecule has 0 bridgehead atoms. The van der Waals surface area contributed by atoms with Crippen molar-refractivity contribution in [3.63, 3.8) is 0 Å². The van der Waals surface area contributed by atoms with Gasteiger partial charge in [-0.1, -0.05) is 37.1 Å². The molecule has 1 heterocycles. The fraction of sp³-hybridized carbons (Fsp3) is 0.250. The standard InChI is InChI=1S/C20H20N2O6S/c1-4-21(5-2)29(26,27)17-12-14(11-10-13(17)3)20(25)28-22-18(23)15-8-6-7-9-16(15)19(22)24/h6-12H,4-5H2,1-3H3. The molecule has 0 fully saturated rings. The molecule has 0 aromatic heterocycles. The van der Waals surface area contributed by atoms with Crippen molar-refractivity contribution in [3.8, 4) is 0 Å². The molecule has 29 heavy (non-hydrogen) atoms. The molecule has 8 nitrogen and oxygen atoms in total. The topological polar surface area (TPSA) is 101 Å². The Morgan fingerprint density at radius 1 is 1.00 bits per heavy atom. The van der Waals surface area contributed by atoms with Crippen molar-refractivity contribution in [2.75, 3.05) is 13.1 Å². The third kappa shape index (κ3) is 3.54. The predicted molar refractivity (Wildman–Crippen MR) is 104 cm³/mol. The molecular formula is C20H20N2O6S. The molecule has 9 heteroatoms. The fourth-order valence-electron chi connectivity index (χ4n) is 3.09. The van der Waals surface area contributed by atoms with Crippen molar-refractivity contribution in [2.24, 2.45) is 0 Å². The smallest absolute Gasteiger partial charge is 0.324 e. The largest absolute Gasteiger partial charge is 0.363 e. The summed E-state index contributed by atoms with van der Waals surface area (Å²) < 4.78 is 27.0. The number of sulfonamides is 1. The number of carbonyl (C=O) groups excluding carboxylic acids is 3. The van der Waals surface area contributed by atoms with Crippen LogP contribution in [0.25, 0.3) is 0 Å². The maximum atomic E-state index is 12.8. The van der Waals surface area contributed by atoms with Crippen molar-refractivity contribution in [1.82, 2.24) is 9.37 Å². The van der Waals surface area contributed by atoms with Gasteiger partial charge in [-0.05, 0) is 36.8 Å². The van der Waals surface area contributed by atoms with Crippen LogP contribution in [0.15, 0.2) is 47.4 Å². The number of imide groups is 1. The van der Waals surface area contributed by atoms with E-state index in [1.165, 1.54) is 34.6 Å². The van der Waals surface area contributed by atoms with E-state index < -0.39 is 27.8 Å². The van der Waals surface area contributed by atoms with Gasteiger partial charge in [-0.3, -0.25) is 9.59 Å².